The van der Waals surface area contributed by atoms with Crippen LogP contribution in [0.5, 0.6) is 5.75 Å². The number of halogens is 2. The number of hydrogen-bond acceptors (Lipinski definition) is 6. The maximum absolute atomic E-state index is 12.3. The van der Waals surface area contributed by atoms with Crippen LogP contribution in [0, 0.1) is 5.92 Å². The van der Waals surface area contributed by atoms with Gasteiger partial charge < -0.3 is 20.7 Å². The second kappa shape index (κ2) is 12.0. The van der Waals surface area contributed by atoms with Gasteiger partial charge in [0, 0.05) is 31.0 Å². The molecule has 0 radical (unpaired) electrons. The van der Waals surface area contributed by atoms with Crippen molar-refractivity contribution in [2.75, 3.05) is 33.3 Å². The number of benzene rings is 1. The number of amides is 1. The molecule has 2 heterocycles. The number of rotatable bonds is 9. The molecule has 0 spiro atoms. The van der Waals surface area contributed by atoms with Crippen molar-refractivity contribution in [1.82, 2.24) is 20.9 Å². The molecule has 1 saturated heterocycles. The SMILES string of the molecule is CNC(=O)c1ccnc(CNCC2CCNCC2)c1/N=C/COc1ccc(Cl)cc1Cl. The fraction of sp³-hybridized carbons (Fsp3) is 0.409. The van der Waals surface area contributed by atoms with Crippen LogP contribution in [0.2, 0.25) is 10.0 Å². The Kier molecular flexibility index (Phi) is 9.09. The highest BCUT2D eigenvalue weighted by Crippen LogP contribution is 2.27. The quantitative estimate of drug-likeness (QED) is 0.494. The maximum Gasteiger partial charge on any atom is 0.253 e. The molecule has 7 nitrogen and oxygen atoms in total. The largest absolute Gasteiger partial charge is 0.486 e. The van der Waals surface area contributed by atoms with Crippen LogP contribution < -0.4 is 20.7 Å². The molecule has 0 saturated carbocycles. The molecule has 0 unspecified atom stereocenters. The van der Waals surface area contributed by atoms with Crippen molar-refractivity contribution in [3.63, 3.8) is 0 Å². The van der Waals surface area contributed by atoms with Gasteiger partial charge in [-0.05, 0) is 62.7 Å². The summed E-state index contributed by atoms with van der Waals surface area (Å²) in [5.41, 5.74) is 1.72. The monoisotopic (exact) mass is 463 g/mol. The number of ether oxygens (including phenoxy) is 1. The summed E-state index contributed by atoms with van der Waals surface area (Å²) in [6.07, 6.45) is 5.56. The lowest BCUT2D eigenvalue weighted by Gasteiger charge is -2.22. The van der Waals surface area contributed by atoms with Crippen LogP contribution in [-0.2, 0) is 6.54 Å². The molecule has 3 N–H and O–H groups in total. The lowest BCUT2D eigenvalue weighted by atomic mass is 9.98. The fourth-order valence-corrected chi connectivity index (χ4v) is 3.88. The third-order valence-corrected chi connectivity index (χ3v) is 5.61. The van der Waals surface area contributed by atoms with Crippen molar-refractivity contribution in [2.24, 2.45) is 10.9 Å². The summed E-state index contributed by atoms with van der Waals surface area (Å²) in [4.78, 5) is 21.3. The van der Waals surface area contributed by atoms with E-state index in [0.29, 0.717) is 39.5 Å². The fourth-order valence-electron chi connectivity index (χ4n) is 3.42. The molecule has 1 amide bonds. The second-order valence-corrected chi connectivity index (χ2v) is 8.10. The predicted octanol–water partition coefficient (Wildman–Crippen LogP) is 3.62. The lowest BCUT2D eigenvalue weighted by Crippen LogP contribution is -2.33. The van der Waals surface area contributed by atoms with E-state index >= 15 is 0 Å². The highest BCUT2D eigenvalue weighted by Gasteiger charge is 2.16. The molecule has 31 heavy (non-hydrogen) atoms. The zero-order valence-corrected chi connectivity index (χ0v) is 19.0. The van der Waals surface area contributed by atoms with Gasteiger partial charge in [0.1, 0.15) is 12.4 Å². The lowest BCUT2D eigenvalue weighted by molar-refractivity contribution is 0.0963. The van der Waals surface area contributed by atoms with Crippen molar-refractivity contribution in [2.45, 2.75) is 19.4 Å². The third-order valence-electron chi connectivity index (χ3n) is 5.08. The average Bonchev–Trinajstić information content (AvgIpc) is 2.78. The number of piperidine rings is 1. The first-order valence-electron chi connectivity index (χ1n) is 10.3. The standard InChI is InChI=1S/C22H27Cl2N5O2/c1-25-22(30)17-6-9-28-19(14-27-13-15-4-7-26-8-5-15)21(17)29-10-11-31-20-3-2-16(23)12-18(20)24/h2-3,6,9-10,12,15,26-27H,4-5,7-8,11,13-14H2,1H3,(H,25,30)/b29-10+. The topological polar surface area (TPSA) is 87.6 Å². The van der Waals surface area contributed by atoms with Gasteiger partial charge in [-0.25, -0.2) is 0 Å². The number of carbonyl (C=O) groups excluding carboxylic acids is 1. The van der Waals surface area contributed by atoms with Gasteiger partial charge in [-0.1, -0.05) is 23.2 Å². The van der Waals surface area contributed by atoms with E-state index in [9.17, 15) is 4.79 Å². The van der Waals surface area contributed by atoms with E-state index in [1.165, 1.54) is 0 Å². The number of hydrogen-bond donors (Lipinski definition) is 3. The molecule has 166 valence electrons. The van der Waals surface area contributed by atoms with Gasteiger partial charge >= 0.3 is 0 Å². The van der Waals surface area contributed by atoms with Gasteiger partial charge in [-0.2, -0.15) is 0 Å². The minimum atomic E-state index is -0.212. The van der Waals surface area contributed by atoms with Gasteiger partial charge in [-0.3, -0.25) is 14.8 Å². The second-order valence-electron chi connectivity index (χ2n) is 7.25. The Bertz CT molecular complexity index is 917. The molecule has 0 bridgehead atoms. The number of nitrogens with zero attached hydrogens (tertiary/aromatic N) is 2. The van der Waals surface area contributed by atoms with Crippen LogP contribution in [0.1, 0.15) is 28.9 Å². The van der Waals surface area contributed by atoms with Gasteiger partial charge in [-0.15, -0.1) is 0 Å². The van der Waals surface area contributed by atoms with E-state index in [1.54, 1.807) is 43.7 Å². The Morgan fingerprint density at radius 3 is 2.87 bits per heavy atom. The Morgan fingerprint density at radius 2 is 2.13 bits per heavy atom. The number of aromatic nitrogens is 1. The van der Waals surface area contributed by atoms with Crippen molar-refractivity contribution < 1.29 is 9.53 Å². The molecular formula is C22H27Cl2N5O2. The molecular weight excluding hydrogens is 437 g/mol. The van der Waals surface area contributed by atoms with Crippen molar-refractivity contribution in [3.05, 3.63) is 51.8 Å². The van der Waals surface area contributed by atoms with Gasteiger partial charge in [0.25, 0.3) is 5.91 Å². The molecule has 1 aromatic carbocycles. The number of nitrogens with one attached hydrogen (secondary N) is 3. The van der Waals surface area contributed by atoms with Crippen molar-refractivity contribution in [3.8, 4) is 5.75 Å². The molecule has 0 aliphatic carbocycles. The minimum Gasteiger partial charge on any atom is -0.486 e. The Morgan fingerprint density at radius 1 is 1.32 bits per heavy atom. The van der Waals surface area contributed by atoms with Crippen LogP contribution in [0.3, 0.4) is 0 Å². The maximum atomic E-state index is 12.3. The summed E-state index contributed by atoms with van der Waals surface area (Å²) in [7, 11) is 1.59. The Balaban J connectivity index is 1.68. The molecule has 1 aliphatic heterocycles. The third kappa shape index (κ3) is 6.90. The highest BCUT2D eigenvalue weighted by atomic mass is 35.5. The normalized spacial score (nSPS) is 14.7. The van der Waals surface area contributed by atoms with Crippen LogP contribution >= 0.6 is 23.2 Å². The van der Waals surface area contributed by atoms with Crippen molar-refractivity contribution >= 4 is 41.0 Å². The number of pyridine rings is 1. The van der Waals surface area contributed by atoms with Crippen LogP contribution in [-0.4, -0.2) is 50.4 Å². The molecule has 0 atom stereocenters. The number of aliphatic imine (C=N–C) groups is 1. The van der Waals surface area contributed by atoms with Crippen LogP contribution in [0.25, 0.3) is 0 Å². The first kappa shape index (κ1) is 23.5. The summed E-state index contributed by atoms with van der Waals surface area (Å²) < 4.78 is 5.66. The van der Waals surface area contributed by atoms with E-state index in [-0.39, 0.29) is 12.5 Å². The Labute approximate surface area is 192 Å². The van der Waals surface area contributed by atoms with E-state index in [1.807, 2.05) is 0 Å². The van der Waals surface area contributed by atoms with Crippen LogP contribution in [0.4, 0.5) is 5.69 Å². The van der Waals surface area contributed by atoms with E-state index < -0.39 is 0 Å². The minimum absolute atomic E-state index is 0.186. The molecule has 2 aromatic rings. The van der Waals surface area contributed by atoms with Gasteiger partial charge in [0.2, 0.25) is 0 Å². The highest BCUT2D eigenvalue weighted by molar-refractivity contribution is 6.35. The molecule has 1 aromatic heterocycles. The predicted molar refractivity (Wildman–Crippen MR) is 125 cm³/mol. The Hall–Kier alpha value is -2.19. The first-order valence-corrected chi connectivity index (χ1v) is 11.1. The smallest absolute Gasteiger partial charge is 0.253 e. The van der Waals surface area contributed by atoms with E-state index in [4.69, 9.17) is 27.9 Å². The summed E-state index contributed by atoms with van der Waals surface area (Å²) in [6, 6.07) is 6.69. The summed E-state index contributed by atoms with van der Waals surface area (Å²) in [6.45, 7) is 3.75. The van der Waals surface area contributed by atoms with E-state index in [0.717, 1.165) is 38.2 Å². The molecule has 9 heteroatoms. The zero-order chi connectivity index (χ0) is 22.1. The van der Waals surface area contributed by atoms with Crippen LogP contribution in [0.15, 0.2) is 35.5 Å². The zero-order valence-electron chi connectivity index (χ0n) is 17.5. The average molecular weight is 464 g/mol. The molecule has 3 rings (SSSR count). The van der Waals surface area contributed by atoms with Gasteiger partial charge in [0.05, 0.1) is 22.0 Å². The molecule has 1 fully saturated rings. The first-order chi connectivity index (χ1) is 15.1. The summed E-state index contributed by atoms with van der Waals surface area (Å²) >= 11 is 12.0. The summed E-state index contributed by atoms with van der Waals surface area (Å²) in [5.74, 6) is 0.947. The van der Waals surface area contributed by atoms with E-state index in [2.05, 4.69) is 25.9 Å². The molecule has 1 aliphatic rings. The van der Waals surface area contributed by atoms with Crippen molar-refractivity contribution in [1.29, 1.82) is 0 Å². The summed E-state index contributed by atoms with van der Waals surface area (Å²) in [5, 5.41) is 10.5. The van der Waals surface area contributed by atoms with Gasteiger partial charge in [0.15, 0.2) is 0 Å². The number of carbonyl (C=O) groups is 1.